The molecule has 0 saturated heterocycles. The van der Waals surface area contributed by atoms with Gasteiger partial charge in [-0.15, -0.1) is 0 Å². The molecule has 0 aliphatic heterocycles. The fourth-order valence-corrected chi connectivity index (χ4v) is 2.63. The molecule has 1 heterocycles. The van der Waals surface area contributed by atoms with Crippen molar-refractivity contribution in [3.8, 4) is 0 Å². The molecule has 150 valence electrons. The monoisotopic (exact) mass is 454 g/mol. The molecule has 2 amide bonds. The standard InChI is InChI=1S/C16H12Cl3F3N4O2/c1-26(15-12(19)4-8(7-23-15)16(20,21)22)25-14(28)6-13(27)24-9-2-3-10(17)11(18)5-9/h2-5,7H,6H2,1H3,(H,24,27)(H,25,28). The number of carbonyl (C=O) groups excluding carboxylic acids is 2. The number of hydrazine groups is 1. The van der Waals surface area contributed by atoms with E-state index in [1.54, 1.807) is 0 Å². The predicted octanol–water partition coefficient (Wildman–Crippen LogP) is 4.56. The predicted molar refractivity (Wildman–Crippen MR) is 101 cm³/mol. The van der Waals surface area contributed by atoms with Crippen LogP contribution in [-0.4, -0.2) is 23.8 Å². The molecule has 2 N–H and O–H groups in total. The number of carbonyl (C=O) groups is 2. The molecule has 0 atom stereocenters. The van der Waals surface area contributed by atoms with Crippen LogP contribution < -0.4 is 15.8 Å². The summed E-state index contributed by atoms with van der Waals surface area (Å²) < 4.78 is 37.9. The lowest BCUT2D eigenvalue weighted by molar-refractivity contribution is -0.138. The lowest BCUT2D eigenvalue weighted by Gasteiger charge is -2.20. The maximum absolute atomic E-state index is 12.6. The summed E-state index contributed by atoms with van der Waals surface area (Å²) in [5.41, 5.74) is 1.61. The molecule has 2 rings (SSSR count). The molecule has 0 aliphatic rings. The van der Waals surface area contributed by atoms with Gasteiger partial charge in [0.25, 0.3) is 0 Å². The van der Waals surface area contributed by atoms with E-state index in [1.807, 2.05) is 0 Å². The largest absolute Gasteiger partial charge is 0.417 e. The van der Waals surface area contributed by atoms with Crippen molar-refractivity contribution in [1.29, 1.82) is 0 Å². The summed E-state index contributed by atoms with van der Waals surface area (Å²) in [5, 5.41) is 3.68. The number of hydrogen-bond donors (Lipinski definition) is 2. The van der Waals surface area contributed by atoms with E-state index in [1.165, 1.54) is 25.2 Å². The lowest BCUT2D eigenvalue weighted by atomic mass is 10.3. The van der Waals surface area contributed by atoms with Crippen molar-refractivity contribution in [2.24, 2.45) is 0 Å². The summed E-state index contributed by atoms with van der Waals surface area (Å²) in [6.45, 7) is 0. The van der Waals surface area contributed by atoms with Crippen LogP contribution in [0.15, 0.2) is 30.5 Å². The molecule has 0 bridgehead atoms. The van der Waals surface area contributed by atoms with Crippen LogP contribution in [0.1, 0.15) is 12.0 Å². The number of rotatable bonds is 5. The van der Waals surface area contributed by atoms with Gasteiger partial charge < -0.3 is 5.32 Å². The third kappa shape index (κ3) is 5.88. The van der Waals surface area contributed by atoms with Crippen LogP contribution in [0, 0.1) is 0 Å². The number of nitrogens with one attached hydrogen (secondary N) is 2. The number of amides is 2. The first-order chi connectivity index (χ1) is 13.0. The van der Waals surface area contributed by atoms with Crippen molar-refractivity contribution in [3.63, 3.8) is 0 Å². The highest BCUT2D eigenvalue weighted by Gasteiger charge is 2.32. The van der Waals surface area contributed by atoms with Crippen LogP contribution in [0.2, 0.25) is 15.1 Å². The quantitative estimate of drug-likeness (QED) is 0.512. The first-order valence-electron chi connectivity index (χ1n) is 7.48. The van der Waals surface area contributed by atoms with E-state index in [4.69, 9.17) is 34.8 Å². The minimum atomic E-state index is -4.60. The Balaban J connectivity index is 1.96. The number of benzene rings is 1. The molecule has 6 nitrogen and oxygen atoms in total. The smallest absolute Gasteiger partial charge is 0.326 e. The van der Waals surface area contributed by atoms with Gasteiger partial charge in [-0.25, -0.2) is 4.98 Å². The van der Waals surface area contributed by atoms with Crippen LogP contribution in [0.5, 0.6) is 0 Å². The third-order valence-corrected chi connectivity index (χ3v) is 4.30. The van der Waals surface area contributed by atoms with E-state index >= 15 is 0 Å². The fourth-order valence-electron chi connectivity index (χ4n) is 2.04. The SMILES string of the molecule is CN(NC(=O)CC(=O)Nc1ccc(Cl)c(Cl)c1)c1ncc(C(F)(F)F)cc1Cl. The molecule has 1 aromatic carbocycles. The highest BCUT2D eigenvalue weighted by Crippen LogP contribution is 2.33. The molecule has 12 heteroatoms. The molecule has 0 fully saturated rings. The van der Waals surface area contributed by atoms with E-state index in [-0.39, 0.29) is 15.9 Å². The van der Waals surface area contributed by atoms with Crippen molar-refractivity contribution >= 4 is 58.1 Å². The van der Waals surface area contributed by atoms with Crippen molar-refractivity contribution in [2.45, 2.75) is 12.6 Å². The van der Waals surface area contributed by atoms with Crippen LogP contribution in [0.4, 0.5) is 24.7 Å². The zero-order chi connectivity index (χ0) is 21.1. The number of aromatic nitrogens is 1. The van der Waals surface area contributed by atoms with Crippen molar-refractivity contribution in [3.05, 3.63) is 51.1 Å². The lowest BCUT2D eigenvalue weighted by Crippen LogP contribution is -2.41. The fraction of sp³-hybridized carbons (Fsp3) is 0.188. The van der Waals surface area contributed by atoms with E-state index in [9.17, 15) is 22.8 Å². The Bertz CT molecular complexity index is 909. The summed E-state index contributed by atoms with van der Waals surface area (Å²) in [6, 6.07) is 5.08. The summed E-state index contributed by atoms with van der Waals surface area (Å²) in [6.07, 6.45) is -4.58. The van der Waals surface area contributed by atoms with Crippen molar-refractivity contribution in [1.82, 2.24) is 10.4 Å². The Hall–Kier alpha value is -2.23. The number of halogens is 6. The topological polar surface area (TPSA) is 74.3 Å². The Morgan fingerprint density at radius 1 is 1.07 bits per heavy atom. The first-order valence-corrected chi connectivity index (χ1v) is 8.61. The second-order valence-corrected chi connectivity index (χ2v) is 6.70. The summed E-state index contributed by atoms with van der Waals surface area (Å²) in [4.78, 5) is 27.5. The van der Waals surface area contributed by atoms with Crippen molar-refractivity contribution < 1.29 is 22.8 Å². The maximum Gasteiger partial charge on any atom is 0.417 e. The number of anilines is 2. The van der Waals surface area contributed by atoms with Gasteiger partial charge in [-0.3, -0.25) is 20.0 Å². The molecule has 0 unspecified atom stereocenters. The van der Waals surface area contributed by atoms with Gasteiger partial charge in [0.05, 0.1) is 20.6 Å². The summed E-state index contributed by atoms with van der Waals surface area (Å²) in [7, 11) is 1.32. The normalized spacial score (nSPS) is 11.1. The van der Waals surface area contributed by atoms with Gasteiger partial charge in [0, 0.05) is 18.9 Å². The van der Waals surface area contributed by atoms with Gasteiger partial charge in [-0.2, -0.15) is 13.2 Å². The number of hydrogen-bond acceptors (Lipinski definition) is 4. The molecule has 0 radical (unpaired) electrons. The zero-order valence-electron chi connectivity index (χ0n) is 14.1. The van der Waals surface area contributed by atoms with Gasteiger partial charge in [-0.05, 0) is 24.3 Å². The van der Waals surface area contributed by atoms with E-state index in [2.05, 4.69) is 15.7 Å². The Kier molecular flexibility index (Phi) is 6.97. The van der Waals surface area contributed by atoms with Gasteiger partial charge >= 0.3 is 6.18 Å². The summed E-state index contributed by atoms with van der Waals surface area (Å²) >= 11 is 17.4. The Morgan fingerprint density at radius 2 is 1.75 bits per heavy atom. The Labute approximate surface area is 172 Å². The molecular formula is C16H12Cl3F3N4O2. The van der Waals surface area contributed by atoms with Crippen LogP contribution in [-0.2, 0) is 15.8 Å². The highest BCUT2D eigenvalue weighted by molar-refractivity contribution is 6.42. The molecular weight excluding hydrogens is 444 g/mol. The van der Waals surface area contributed by atoms with Gasteiger partial charge in [0.15, 0.2) is 5.82 Å². The van der Waals surface area contributed by atoms with Crippen LogP contribution in [0.3, 0.4) is 0 Å². The van der Waals surface area contributed by atoms with Crippen LogP contribution >= 0.6 is 34.8 Å². The number of alkyl halides is 3. The third-order valence-electron chi connectivity index (χ3n) is 3.28. The van der Waals surface area contributed by atoms with Gasteiger partial charge in [0.1, 0.15) is 6.42 Å². The average molecular weight is 456 g/mol. The number of pyridine rings is 1. The van der Waals surface area contributed by atoms with Crippen LogP contribution in [0.25, 0.3) is 0 Å². The summed E-state index contributed by atoms with van der Waals surface area (Å²) in [5.74, 6) is -1.50. The first kappa shape index (κ1) is 22.1. The zero-order valence-corrected chi connectivity index (χ0v) is 16.3. The second kappa shape index (κ2) is 8.85. The molecule has 2 aromatic rings. The highest BCUT2D eigenvalue weighted by atomic mass is 35.5. The second-order valence-electron chi connectivity index (χ2n) is 5.48. The Morgan fingerprint density at radius 3 is 2.32 bits per heavy atom. The minimum absolute atomic E-state index is 0.118. The van der Waals surface area contributed by atoms with E-state index < -0.39 is 30.0 Å². The molecule has 0 spiro atoms. The van der Waals surface area contributed by atoms with Crippen molar-refractivity contribution in [2.75, 3.05) is 17.4 Å². The molecule has 28 heavy (non-hydrogen) atoms. The molecule has 1 aromatic heterocycles. The van der Waals surface area contributed by atoms with E-state index in [0.717, 1.165) is 5.01 Å². The van der Waals surface area contributed by atoms with Gasteiger partial charge in [-0.1, -0.05) is 34.8 Å². The molecule has 0 aliphatic carbocycles. The number of nitrogens with zero attached hydrogens (tertiary/aromatic N) is 2. The van der Waals surface area contributed by atoms with E-state index in [0.29, 0.717) is 23.0 Å². The maximum atomic E-state index is 12.6. The molecule has 0 saturated carbocycles. The van der Waals surface area contributed by atoms with Gasteiger partial charge in [0.2, 0.25) is 11.8 Å². The average Bonchev–Trinajstić information content (AvgIpc) is 2.56. The minimum Gasteiger partial charge on any atom is -0.326 e.